The number of nitrogens with zero attached hydrogens (tertiary/aromatic N) is 1. The summed E-state index contributed by atoms with van der Waals surface area (Å²) in [5.41, 5.74) is 0. The van der Waals surface area contributed by atoms with Crippen molar-refractivity contribution in [1.29, 1.82) is 0 Å². The molecule has 0 bridgehead atoms. The monoisotopic (exact) mass is 258 g/mol. The number of nitrogens with one attached hydrogen (secondary N) is 1. The lowest BCUT2D eigenvalue weighted by atomic mass is 9.92. The first-order chi connectivity index (χ1) is 8.40. The van der Waals surface area contributed by atoms with Crippen LogP contribution in [0.2, 0.25) is 0 Å². The van der Waals surface area contributed by atoms with Gasteiger partial charge in [0, 0.05) is 26.1 Å². The topological polar surface area (TPSA) is 89.9 Å². The van der Waals surface area contributed by atoms with Gasteiger partial charge in [0.2, 0.25) is 0 Å². The molecule has 0 aromatic carbocycles. The van der Waals surface area contributed by atoms with Gasteiger partial charge in [0.05, 0.1) is 0 Å². The third kappa shape index (κ3) is 4.52. The van der Waals surface area contributed by atoms with Crippen molar-refractivity contribution in [2.45, 2.75) is 32.8 Å². The second kappa shape index (κ2) is 6.58. The molecular weight excluding hydrogens is 236 g/mol. The molecule has 1 aliphatic heterocycles. The van der Waals surface area contributed by atoms with E-state index < -0.39 is 12.1 Å². The molecule has 1 heterocycles. The number of likely N-dealkylation sites (tertiary alicyclic amines) is 1. The molecule has 3 atom stereocenters. The summed E-state index contributed by atoms with van der Waals surface area (Å²) in [5.74, 6) is -0.280. The van der Waals surface area contributed by atoms with Gasteiger partial charge in [0.1, 0.15) is 0 Å². The number of carboxylic acid groups (broad SMARTS) is 1. The Balaban J connectivity index is 2.30. The van der Waals surface area contributed by atoms with Crippen LogP contribution < -0.4 is 5.32 Å². The Hall–Kier alpha value is -1.30. The van der Waals surface area contributed by atoms with Gasteiger partial charge in [0.15, 0.2) is 6.10 Å². The third-order valence-corrected chi connectivity index (χ3v) is 3.14. The number of urea groups is 1. The molecule has 0 saturated carbocycles. The lowest BCUT2D eigenvalue weighted by Gasteiger charge is -2.34. The summed E-state index contributed by atoms with van der Waals surface area (Å²) in [4.78, 5) is 24.0. The predicted molar refractivity (Wildman–Crippen MR) is 66.2 cm³/mol. The van der Waals surface area contributed by atoms with E-state index in [4.69, 9.17) is 10.2 Å². The highest BCUT2D eigenvalue weighted by molar-refractivity contribution is 5.74. The number of aliphatic carboxylic acids is 1. The molecule has 2 amide bonds. The van der Waals surface area contributed by atoms with Gasteiger partial charge in [-0.2, -0.15) is 0 Å². The van der Waals surface area contributed by atoms with Crippen molar-refractivity contribution in [1.82, 2.24) is 10.2 Å². The number of hydrogen-bond donors (Lipinski definition) is 3. The molecule has 1 fully saturated rings. The number of amides is 2. The minimum absolute atomic E-state index is 0.0278. The number of aliphatic hydroxyl groups is 1. The van der Waals surface area contributed by atoms with E-state index in [0.29, 0.717) is 11.8 Å². The lowest BCUT2D eigenvalue weighted by molar-refractivity contribution is -0.146. The van der Waals surface area contributed by atoms with Gasteiger partial charge >= 0.3 is 12.0 Å². The van der Waals surface area contributed by atoms with Crippen molar-refractivity contribution in [3.05, 3.63) is 0 Å². The van der Waals surface area contributed by atoms with Gasteiger partial charge < -0.3 is 20.4 Å². The van der Waals surface area contributed by atoms with E-state index in [1.54, 1.807) is 4.90 Å². The normalized spacial score (nSPS) is 25.6. The molecule has 2 unspecified atom stereocenters. The molecule has 0 spiro atoms. The van der Waals surface area contributed by atoms with Gasteiger partial charge in [-0.3, -0.25) is 0 Å². The van der Waals surface area contributed by atoms with E-state index in [1.165, 1.54) is 0 Å². The molecule has 0 aromatic heterocycles. The second-order valence-electron chi connectivity index (χ2n) is 5.23. The Labute approximate surface area is 107 Å². The van der Waals surface area contributed by atoms with Gasteiger partial charge in [-0.05, 0) is 18.3 Å². The number of carbonyl (C=O) groups excluding carboxylic acids is 1. The number of carboxylic acids is 1. The Morgan fingerprint density at radius 2 is 1.89 bits per heavy atom. The molecule has 0 aliphatic carbocycles. The molecule has 1 rings (SSSR count). The van der Waals surface area contributed by atoms with Crippen LogP contribution in [0.3, 0.4) is 0 Å². The first-order valence-corrected chi connectivity index (χ1v) is 6.33. The van der Waals surface area contributed by atoms with Crippen molar-refractivity contribution in [2.24, 2.45) is 11.8 Å². The van der Waals surface area contributed by atoms with Gasteiger partial charge in [-0.1, -0.05) is 13.8 Å². The fourth-order valence-corrected chi connectivity index (χ4v) is 2.38. The molecule has 6 heteroatoms. The maximum Gasteiger partial charge on any atom is 0.332 e. The Morgan fingerprint density at radius 3 is 2.39 bits per heavy atom. The van der Waals surface area contributed by atoms with Crippen LogP contribution >= 0.6 is 0 Å². The Kier molecular flexibility index (Phi) is 5.40. The van der Waals surface area contributed by atoms with Crippen LogP contribution in [0.15, 0.2) is 0 Å². The molecule has 0 radical (unpaired) electrons. The lowest BCUT2D eigenvalue weighted by Crippen LogP contribution is -2.48. The standard InChI is InChI=1S/C12H22N2O4/c1-8-5-9(2)7-14(6-8)12(18)13-4-3-10(15)11(16)17/h8-10,15H,3-7H2,1-2H3,(H,13,18)(H,16,17)/t8?,9?,10-/m0/s1. The number of aliphatic hydroxyl groups excluding tert-OH is 1. The van der Waals surface area contributed by atoms with Crippen LogP contribution in [-0.2, 0) is 4.79 Å². The minimum Gasteiger partial charge on any atom is -0.479 e. The molecule has 1 saturated heterocycles. The van der Waals surface area contributed by atoms with Gasteiger partial charge in [-0.15, -0.1) is 0 Å². The number of rotatable bonds is 4. The van der Waals surface area contributed by atoms with Crippen molar-refractivity contribution < 1.29 is 19.8 Å². The third-order valence-electron chi connectivity index (χ3n) is 3.14. The molecule has 3 N–H and O–H groups in total. The van der Waals surface area contributed by atoms with Gasteiger partial charge in [0.25, 0.3) is 0 Å². The molecule has 1 aliphatic rings. The van der Waals surface area contributed by atoms with Crippen molar-refractivity contribution in [3.63, 3.8) is 0 Å². The van der Waals surface area contributed by atoms with Crippen LogP contribution in [-0.4, -0.2) is 52.9 Å². The van der Waals surface area contributed by atoms with Crippen molar-refractivity contribution in [2.75, 3.05) is 19.6 Å². The quantitative estimate of drug-likeness (QED) is 0.685. The highest BCUT2D eigenvalue weighted by Crippen LogP contribution is 2.20. The summed E-state index contributed by atoms with van der Waals surface area (Å²) in [6.07, 6.45) is -0.258. The van der Waals surface area contributed by atoms with Crippen LogP contribution in [0.5, 0.6) is 0 Å². The smallest absolute Gasteiger partial charge is 0.332 e. The fraction of sp³-hybridized carbons (Fsp3) is 0.833. The average Bonchev–Trinajstić information content (AvgIpc) is 2.27. The Bertz CT molecular complexity index is 298. The summed E-state index contributed by atoms with van der Waals surface area (Å²) >= 11 is 0. The minimum atomic E-state index is -1.41. The summed E-state index contributed by atoms with van der Waals surface area (Å²) in [7, 11) is 0. The summed E-state index contributed by atoms with van der Waals surface area (Å²) in [6.45, 7) is 5.87. The maximum absolute atomic E-state index is 11.8. The Morgan fingerprint density at radius 1 is 1.33 bits per heavy atom. The SMILES string of the molecule is CC1CC(C)CN(C(=O)NCC[C@H](O)C(=O)O)C1. The number of hydrogen-bond acceptors (Lipinski definition) is 3. The largest absolute Gasteiger partial charge is 0.479 e. The van der Waals surface area contributed by atoms with E-state index >= 15 is 0 Å². The molecule has 104 valence electrons. The van der Waals surface area contributed by atoms with Crippen molar-refractivity contribution in [3.8, 4) is 0 Å². The van der Waals surface area contributed by atoms with E-state index in [0.717, 1.165) is 19.5 Å². The molecular formula is C12H22N2O4. The fourth-order valence-electron chi connectivity index (χ4n) is 2.38. The van der Waals surface area contributed by atoms with E-state index in [1.807, 2.05) is 0 Å². The van der Waals surface area contributed by atoms with Crippen LogP contribution in [0.1, 0.15) is 26.7 Å². The summed E-state index contributed by atoms with van der Waals surface area (Å²) in [6, 6.07) is -0.175. The van der Waals surface area contributed by atoms with Crippen LogP contribution in [0.4, 0.5) is 4.79 Å². The first-order valence-electron chi connectivity index (χ1n) is 6.33. The highest BCUT2D eigenvalue weighted by Gasteiger charge is 2.25. The molecule has 6 nitrogen and oxygen atoms in total. The first kappa shape index (κ1) is 14.8. The zero-order chi connectivity index (χ0) is 13.7. The van der Waals surface area contributed by atoms with Crippen LogP contribution in [0, 0.1) is 11.8 Å². The van der Waals surface area contributed by atoms with Crippen molar-refractivity contribution >= 4 is 12.0 Å². The predicted octanol–water partition coefficient (Wildman–Crippen LogP) is 0.509. The van der Waals surface area contributed by atoms with E-state index in [-0.39, 0.29) is 19.0 Å². The summed E-state index contributed by atoms with van der Waals surface area (Å²) in [5, 5.41) is 20.2. The average molecular weight is 258 g/mol. The van der Waals surface area contributed by atoms with E-state index in [2.05, 4.69) is 19.2 Å². The number of carbonyl (C=O) groups is 2. The second-order valence-corrected chi connectivity index (χ2v) is 5.23. The van der Waals surface area contributed by atoms with Crippen LogP contribution in [0.25, 0.3) is 0 Å². The number of piperidine rings is 1. The van der Waals surface area contributed by atoms with E-state index in [9.17, 15) is 9.59 Å². The maximum atomic E-state index is 11.8. The van der Waals surface area contributed by atoms with Gasteiger partial charge in [-0.25, -0.2) is 9.59 Å². The highest BCUT2D eigenvalue weighted by atomic mass is 16.4. The molecule has 18 heavy (non-hydrogen) atoms. The summed E-state index contributed by atoms with van der Waals surface area (Å²) < 4.78 is 0. The zero-order valence-corrected chi connectivity index (χ0v) is 10.9. The molecule has 0 aromatic rings. The zero-order valence-electron chi connectivity index (χ0n) is 10.9.